The number of esters is 1. The lowest BCUT2D eigenvalue weighted by atomic mass is 9.68. The first-order valence-corrected chi connectivity index (χ1v) is 21.1. The van der Waals surface area contributed by atoms with Crippen molar-refractivity contribution in [3.05, 3.63) is 102 Å². The van der Waals surface area contributed by atoms with Gasteiger partial charge in [0.2, 0.25) is 5.78 Å². The molecule has 8 nitrogen and oxygen atoms in total. The van der Waals surface area contributed by atoms with Gasteiger partial charge in [-0.05, 0) is 85.1 Å². The summed E-state index contributed by atoms with van der Waals surface area (Å²) in [6.07, 6.45) is 0.110. The van der Waals surface area contributed by atoms with E-state index in [2.05, 4.69) is 47.7 Å². The molecule has 2 aliphatic carbocycles. The van der Waals surface area contributed by atoms with E-state index in [1.165, 1.54) is 0 Å². The second-order valence-electron chi connectivity index (χ2n) is 16.0. The van der Waals surface area contributed by atoms with Crippen molar-refractivity contribution in [1.82, 2.24) is 0 Å². The number of carbonyl (C=O) groups is 2. The zero-order valence-corrected chi connectivity index (χ0v) is 32.6. The Kier molecular flexibility index (Phi) is 12.3. The second-order valence-corrected chi connectivity index (χ2v) is 20.8. The van der Waals surface area contributed by atoms with Crippen molar-refractivity contribution < 1.29 is 37.7 Å². The zero-order valence-electron chi connectivity index (χ0n) is 31.6. The number of Topliss-reactive ketones (excluding diaryl/α,β-unsaturated/α-hetero) is 1. The quantitative estimate of drug-likeness (QED) is 0.0750. The Hall–Kier alpha value is -3.34. The van der Waals surface area contributed by atoms with Crippen molar-refractivity contribution >= 4 is 20.1 Å². The third-order valence-electron chi connectivity index (χ3n) is 11.6. The van der Waals surface area contributed by atoms with Gasteiger partial charge in [0, 0.05) is 5.41 Å². The normalized spacial score (nSPS) is 25.1. The molecule has 0 aromatic heterocycles. The first kappa shape index (κ1) is 38.9. The number of rotatable bonds is 13. The van der Waals surface area contributed by atoms with Crippen LogP contribution in [0.2, 0.25) is 18.1 Å². The predicted molar refractivity (Wildman–Crippen MR) is 200 cm³/mol. The Balaban J connectivity index is 1.52. The summed E-state index contributed by atoms with van der Waals surface area (Å²) in [6.45, 7) is 16.0. The monoisotopic (exact) mass is 716 g/mol. The van der Waals surface area contributed by atoms with E-state index < -0.39 is 31.4 Å². The molecular weight excluding hydrogens is 661 g/mol. The van der Waals surface area contributed by atoms with Crippen LogP contribution in [0.3, 0.4) is 0 Å². The number of ether oxygens (including phenoxy) is 5. The molecule has 2 aliphatic rings. The molecule has 276 valence electrons. The lowest BCUT2D eigenvalue weighted by Gasteiger charge is -2.47. The molecule has 2 fully saturated rings. The van der Waals surface area contributed by atoms with Gasteiger partial charge < -0.3 is 28.1 Å². The van der Waals surface area contributed by atoms with Crippen LogP contribution in [0.15, 0.2) is 84.9 Å². The van der Waals surface area contributed by atoms with Gasteiger partial charge in [0.25, 0.3) is 0 Å². The van der Waals surface area contributed by atoms with E-state index in [-0.39, 0.29) is 42.2 Å². The summed E-state index contributed by atoms with van der Waals surface area (Å²) in [7, 11) is -0.673. The molecule has 0 aliphatic heterocycles. The summed E-state index contributed by atoms with van der Waals surface area (Å²) >= 11 is 0. The van der Waals surface area contributed by atoms with Crippen LogP contribution in [0.25, 0.3) is 0 Å². The first-order valence-electron chi connectivity index (χ1n) is 18.2. The van der Waals surface area contributed by atoms with Gasteiger partial charge in [0.15, 0.2) is 14.4 Å². The summed E-state index contributed by atoms with van der Waals surface area (Å²) in [5, 5.41) is -0.0604. The average Bonchev–Trinajstić information content (AvgIpc) is 3.38. The molecule has 0 heterocycles. The van der Waals surface area contributed by atoms with Crippen LogP contribution in [0.5, 0.6) is 5.75 Å². The molecule has 5 atom stereocenters. The van der Waals surface area contributed by atoms with Crippen LogP contribution in [0.4, 0.5) is 0 Å². The maximum absolute atomic E-state index is 15.0. The minimum atomic E-state index is -2.33. The fourth-order valence-electron chi connectivity index (χ4n) is 7.40. The molecule has 0 radical (unpaired) electrons. The van der Waals surface area contributed by atoms with Gasteiger partial charge in [-0.1, -0.05) is 95.3 Å². The van der Waals surface area contributed by atoms with E-state index in [9.17, 15) is 4.79 Å². The van der Waals surface area contributed by atoms with Crippen molar-refractivity contribution in [1.29, 1.82) is 0 Å². The largest absolute Gasteiger partial charge is 0.497 e. The molecule has 9 heteroatoms. The predicted octanol–water partition coefficient (Wildman–Crippen LogP) is 8.93. The Morgan fingerprint density at radius 3 is 2.10 bits per heavy atom. The van der Waals surface area contributed by atoms with Gasteiger partial charge in [0.1, 0.15) is 18.1 Å². The molecular formula is C42H56O8Si. The Morgan fingerprint density at radius 2 is 1.47 bits per heavy atom. The van der Waals surface area contributed by atoms with E-state index in [0.717, 1.165) is 16.9 Å². The molecule has 0 unspecified atom stereocenters. The lowest BCUT2D eigenvalue weighted by Crippen LogP contribution is -2.57. The fraction of sp³-hybridized carbons (Fsp3) is 0.524. The highest BCUT2D eigenvalue weighted by Crippen LogP contribution is 2.57. The molecule has 5 rings (SSSR count). The minimum absolute atomic E-state index is 0.0604. The topological polar surface area (TPSA) is 89.5 Å². The molecule has 0 spiro atoms. The SMILES string of the molecule is COc1ccc(CO[C@H]2[C@@H](O[Si](C)(C)C(C)(C)C)CC[C@@H](OC(=O)c3ccccc3)C(=O)[C@]3(OCOCc4ccccc4)CC[C@H]2C3(C)C)cc1. The third-order valence-corrected chi connectivity index (χ3v) is 16.1. The Labute approximate surface area is 305 Å². The Morgan fingerprint density at radius 1 is 0.843 bits per heavy atom. The highest BCUT2D eigenvalue weighted by Gasteiger charge is 2.65. The number of fused-ring (bicyclic) bond motifs is 2. The van der Waals surface area contributed by atoms with Crippen molar-refractivity contribution in [3.63, 3.8) is 0 Å². The average molecular weight is 717 g/mol. The number of hydrogen-bond donors (Lipinski definition) is 0. The van der Waals surface area contributed by atoms with Crippen LogP contribution < -0.4 is 4.74 Å². The van der Waals surface area contributed by atoms with Crippen LogP contribution in [-0.4, -0.2) is 57.9 Å². The number of benzene rings is 3. The molecule has 2 saturated carbocycles. The second kappa shape index (κ2) is 16.1. The molecule has 0 N–H and O–H groups in total. The van der Waals surface area contributed by atoms with Gasteiger partial charge in [-0.3, -0.25) is 4.79 Å². The van der Waals surface area contributed by atoms with E-state index >= 15 is 4.79 Å². The zero-order chi connectivity index (χ0) is 36.9. The smallest absolute Gasteiger partial charge is 0.338 e. The number of ketones is 1. The first-order chi connectivity index (χ1) is 24.2. The third kappa shape index (κ3) is 8.66. The molecule has 0 saturated heterocycles. The summed E-state index contributed by atoms with van der Waals surface area (Å²) in [4.78, 5) is 28.6. The van der Waals surface area contributed by atoms with Crippen molar-refractivity contribution in [2.24, 2.45) is 11.3 Å². The number of hydrogen-bond acceptors (Lipinski definition) is 8. The summed E-state index contributed by atoms with van der Waals surface area (Å²) < 4.78 is 38.5. The Bertz CT molecular complexity index is 1580. The van der Waals surface area contributed by atoms with Crippen molar-refractivity contribution in [2.75, 3.05) is 13.9 Å². The van der Waals surface area contributed by atoms with Gasteiger partial charge >= 0.3 is 5.97 Å². The maximum atomic E-state index is 15.0. The van der Waals surface area contributed by atoms with Gasteiger partial charge in [-0.25, -0.2) is 4.79 Å². The number of methoxy groups -OCH3 is 1. The number of carbonyl (C=O) groups excluding carboxylic acids is 2. The fourth-order valence-corrected chi connectivity index (χ4v) is 8.76. The van der Waals surface area contributed by atoms with Crippen LogP contribution in [0, 0.1) is 11.3 Å². The lowest BCUT2D eigenvalue weighted by molar-refractivity contribution is -0.203. The van der Waals surface area contributed by atoms with E-state index in [0.29, 0.717) is 38.0 Å². The standard InChI is InChI=1S/C42H56O8Si/c1-40(2,3)51(7,8)50-35-23-24-36(49-39(44)32-17-13-10-14-18-32)38(43)42(48-29-46-27-30-15-11-9-12-16-30)26-25-34(41(42,4)5)37(35)47-28-31-19-21-33(45-6)22-20-31/h9-22,34-37H,23-29H2,1-8H3/t34-,35+,36-,37-,42-/m1/s1. The summed E-state index contributed by atoms with van der Waals surface area (Å²) in [5.74, 6) is -0.0925. The van der Waals surface area contributed by atoms with Gasteiger partial charge in [-0.15, -0.1) is 0 Å². The summed E-state index contributed by atoms with van der Waals surface area (Å²) in [6, 6.07) is 26.6. The molecule has 3 aromatic carbocycles. The van der Waals surface area contributed by atoms with Gasteiger partial charge in [-0.2, -0.15) is 0 Å². The molecule has 3 aromatic rings. The van der Waals surface area contributed by atoms with Crippen LogP contribution >= 0.6 is 0 Å². The molecule has 51 heavy (non-hydrogen) atoms. The van der Waals surface area contributed by atoms with Crippen molar-refractivity contribution in [2.45, 2.75) is 116 Å². The van der Waals surface area contributed by atoms with Crippen LogP contribution in [0.1, 0.15) is 81.8 Å². The molecule has 0 amide bonds. The van der Waals surface area contributed by atoms with E-state index in [4.69, 9.17) is 28.1 Å². The maximum Gasteiger partial charge on any atom is 0.338 e. The highest BCUT2D eigenvalue weighted by atomic mass is 28.4. The van der Waals surface area contributed by atoms with E-state index in [1.54, 1.807) is 31.4 Å². The highest BCUT2D eigenvalue weighted by molar-refractivity contribution is 6.74. The van der Waals surface area contributed by atoms with Crippen LogP contribution in [-0.2, 0) is 41.4 Å². The van der Waals surface area contributed by atoms with E-state index in [1.807, 2.05) is 60.7 Å². The minimum Gasteiger partial charge on any atom is -0.497 e. The summed E-state index contributed by atoms with van der Waals surface area (Å²) in [5.41, 5.74) is 0.394. The molecule has 2 bridgehead atoms. The van der Waals surface area contributed by atoms with Crippen molar-refractivity contribution in [3.8, 4) is 5.75 Å². The van der Waals surface area contributed by atoms with Gasteiger partial charge in [0.05, 0.1) is 38.1 Å².